The SMILES string of the molecule is O=C(NCc1ccccc1)NCc1cccc(-c2ccc(C3OC(CN4CCC(O)(c5ccc(Cl)cc5)CC4)CC(c4ccc(CO)cc4)O3)cc2)c1. The lowest BCUT2D eigenvalue weighted by Crippen LogP contribution is -2.46. The Kier molecular flexibility index (Phi) is 11.9. The fourth-order valence-corrected chi connectivity index (χ4v) is 7.32. The summed E-state index contributed by atoms with van der Waals surface area (Å²) in [7, 11) is 0. The summed E-state index contributed by atoms with van der Waals surface area (Å²) in [6.07, 6.45) is 1.12. The normalized spacial score (nSPS) is 20.1. The molecule has 0 spiro atoms. The topological polar surface area (TPSA) is 103 Å². The van der Waals surface area contributed by atoms with Crippen molar-refractivity contribution >= 4 is 17.6 Å². The van der Waals surface area contributed by atoms with Crippen LogP contribution in [0.25, 0.3) is 11.1 Å². The van der Waals surface area contributed by atoms with E-state index in [1.165, 1.54) is 0 Å². The Morgan fingerprint density at radius 1 is 0.736 bits per heavy atom. The summed E-state index contributed by atoms with van der Waals surface area (Å²) in [6, 6.07) is 41.5. The fraction of sp³-hybridized carbons (Fsp3) is 0.295. The molecule has 0 saturated carbocycles. The largest absolute Gasteiger partial charge is 0.392 e. The molecule has 2 heterocycles. The molecule has 2 aliphatic heterocycles. The maximum atomic E-state index is 12.4. The first kappa shape index (κ1) is 36.8. The van der Waals surface area contributed by atoms with Crippen LogP contribution in [0.1, 0.15) is 65.0 Å². The molecular weight excluding hydrogens is 686 g/mol. The number of nitrogens with one attached hydrogen (secondary N) is 2. The Morgan fingerprint density at radius 2 is 1.40 bits per heavy atom. The van der Waals surface area contributed by atoms with Crippen LogP contribution < -0.4 is 10.6 Å². The van der Waals surface area contributed by atoms with Gasteiger partial charge in [0.15, 0.2) is 6.29 Å². The first-order valence-electron chi connectivity index (χ1n) is 18.3. The highest BCUT2D eigenvalue weighted by molar-refractivity contribution is 6.30. The summed E-state index contributed by atoms with van der Waals surface area (Å²) < 4.78 is 13.3. The number of piperidine rings is 1. The molecule has 5 aromatic rings. The van der Waals surface area contributed by atoms with E-state index in [9.17, 15) is 15.0 Å². The third-order valence-corrected chi connectivity index (χ3v) is 10.6. The molecule has 53 heavy (non-hydrogen) atoms. The number of hydrogen-bond donors (Lipinski definition) is 4. The van der Waals surface area contributed by atoms with Gasteiger partial charge >= 0.3 is 6.03 Å². The number of aliphatic hydroxyl groups is 2. The van der Waals surface area contributed by atoms with Crippen LogP contribution in [0.5, 0.6) is 0 Å². The van der Waals surface area contributed by atoms with Gasteiger partial charge in [-0.3, -0.25) is 0 Å². The van der Waals surface area contributed by atoms with Crippen LogP contribution in [0.15, 0.2) is 127 Å². The fourth-order valence-electron chi connectivity index (χ4n) is 7.19. The van der Waals surface area contributed by atoms with Crippen LogP contribution in [0.3, 0.4) is 0 Å². The van der Waals surface area contributed by atoms with Crippen LogP contribution in [-0.2, 0) is 34.8 Å². The molecule has 0 aliphatic carbocycles. The van der Waals surface area contributed by atoms with E-state index >= 15 is 0 Å². The number of amides is 2. The first-order chi connectivity index (χ1) is 25.8. The summed E-state index contributed by atoms with van der Waals surface area (Å²) in [5, 5.41) is 27.6. The Balaban J connectivity index is 1.00. The number of nitrogens with zero attached hydrogens (tertiary/aromatic N) is 1. The summed E-state index contributed by atoms with van der Waals surface area (Å²) >= 11 is 6.10. The maximum Gasteiger partial charge on any atom is 0.315 e. The van der Waals surface area contributed by atoms with Gasteiger partial charge in [0.2, 0.25) is 0 Å². The number of carbonyl (C=O) groups is 1. The van der Waals surface area contributed by atoms with Crippen molar-refractivity contribution in [3.05, 3.63) is 166 Å². The minimum absolute atomic E-state index is 0.00660. The molecular formula is C44H46ClN3O5. The molecule has 2 amide bonds. The molecule has 3 atom stereocenters. The van der Waals surface area contributed by atoms with Gasteiger partial charge in [-0.1, -0.05) is 121 Å². The van der Waals surface area contributed by atoms with Gasteiger partial charge in [-0.05, 0) is 70.0 Å². The minimum Gasteiger partial charge on any atom is -0.392 e. The number of carbonyl (C=O) groups excluding carboxylic acids is 1. The van der Waals surface area contributed by atoms with Crippen molar-refractivity contribution in [3.63, 3.8) is 0 Å². The molecule has 0 radical (unpaired) electrons. The highest BCUT2D eigenvalue weighted by atomic mass is 35.5. The lowest BCUT2D eigenvalue weighted by molar-refractivity contribution is -0.253. The second kappa shape index (κ2) is 17.1. The van der Waals surface area contributed by atoms with Crippen molar-refractivity contribution in [2.24, 2.45) is 0 Å². The number of likely N-dealkylation sites (tertiary alicyclic amines) is 1. The molecule has 8 nitrogen and oxygen atoms in total. The molecule has 7 rings (SSSR count). The van der Waals surface area contributed by atoms with Crippen molar-refractivity contribution in [1.82, 2.24) is 15.5 Å². The number of aliphatic hydroxyl groups excluding tert-OH is 1. The van der Waals surface area contributed by atoms with Crippen LogP contribution in [-0.4, -0.2) is 46.9 Å². The molecule has 4 N–H and O–H groups in total. The molecule has 0 bridgehead atoms. The Hall–Kier alpha value is -4.54. The highest BCUT2D eigenvalue weighted by Crippen LogP contribution is 2.40. The smallest absolute Gasteiger partial charge is 0.315 e. The van der Waals surface area contributed by atoms with E-state index in [-0.39, 0.29) is 24.8 Å². The lowest BCUT2D eigenvalue weighted by Gasteiger charge is -2.42. The van der Waals surface area contributed by atoms with Crippen molar-refractivity contribution in [3.8, 4) is 11.1 Å². The van der Waals surface area contributed by atoms with Gasteiger partial charge in [0.1, 0.15) is 0 Å². The zero-order valence-corrected chi connectivity index (χ0v) is 30.4. The molecule has 5 aromatic carbocycles. The van der Waals surface area contributed by atoms with E-state index < -0.39 is 11.9 Å². The molecule has 9 heteroatoms. The number of rotatable bonds is 11. The third kappa shape index (κ3) is 9.53. The zero-order valence-electron chi connectivity index (χ0n) is 29.7. The Bertz CT molecular complexity index is 1930. The van der Waals surface area contributed by atoms with Crippen LogP contribution >= 0.6 is 11.6 Å². The third-order valence-electron chi connectivity index (χ3n) is 10.3. The van der Waals surface area contributed by atoms with Crippen LogP contribution in [0, 0.1) is 0 Å². The predicted octanol–water partition coefficient (Wildman–Crippen LogP) is 8.03. The van der Waals surface area contributed by atoms with Gasteiger partial charge in [-0.15, -0.1) is 0 Å². The lowest BCUT2D eigenvalue weighted by atomic mass is 9.84. The number of benzene rings is 5. The second-order valence-electron chi connectivity index (χ2n) is 14.0. The Morgan fingerprint density at radius 3 is 2.09 bits per heavy atom. The highest BCUT2D eigenvalue weighted by Gasteiger charge is 2.37. The molecule has 2 fully saturated rings. The van der Waals surface area contributed by atoms with Crippen LogP contribution in [0.2, 0.25) is 5.02 Å². The Labute approximate surface area is 316 Å². The van der Waals surface area contributed by atoms with Crippen LogP contribution in [0.4, 0.5) is 4.79 Å². The average Bonchev–Trinajstić information content (AvgIpc) is 3.21. The van der Waals surface area contributed by atoms with E-state index in [4.69, 9.17) is 21.1 Å². The standard InChI is InChI=1S/C44H46ClN3O5/c45-39-19-17-38(18-20-39)44(51)21-23-48(24-22-44)29-40-26-41(35-11-9-32(30-49)10-12-35)53-42(52-40)36-15-13-34(14-16-36)37-8-4-7-33(25-37)28-47-43(50)46-27-31-5-2-1-3-6-31/h1-20,25,40-42,49,51H,21-24,26-30H2,(H2,46,47,50). The van der Waals surface area contributed by atoms with Gasteiger partial charge in [0, 0.05) is 49.7 Å². The number of urea groups is 1. The van der Waals surface area contributed by atoms with E-state index in [0.717, 1.165) is 64.1 Å². The van der Waals surface area contributed by atoms with Crippen molar-refractivity contribution in [2.75, 3.05) is 19.6 Å². The van der Waals surface area contributed by atoms with Gasteiger partial charge < -0.3 is 35.2 Å². The predicted molar refractivity (Wildman–Crippen MR) is 207 cm³/mol. The number of hydrogen-bond acceptors (Lipinski definition) is 6. The zero-order chi connectivity index (χ0) is 36.6. The average molecular weight is 732 g/mol. The molecule has 2 aliphatic rings. The van der Waals surface area contributed by atoms with Crippen molar-refractivity contribution in [1.29, 1.82) is 0 Å². The second-order valence-corrected chi connectivity index (χ2v) is 14.5. The van der Waals surface area contributed by atoms with Gasteiger partial charge in [0.05, 0.1) is 24.4 Å². The number of ether oxygens (including phenoxy) is 2. The van der Waals surface area contributed by atoms with Gasteiger partial charge in [-0.25, -0.2) is 4.79 Å². The monoisotopic (exact) mass is 731 g/mol. The van der Waals surface area contributed by atoms with E-state index in [1.54, 1.807) is 0 Å². The summed E-state index contributed by atoms with van der Waals surface area (Å²) in [6.45, 7) is 3.11. The van der Waals surface area contributed by atoms with E-state index in [0.29, 0.717) is 37.4 Å². The van der Waals surface area contributed by atoms with Crippen molar-refractivity contribution in [2.45, 2.75) is 63.1 Å². The maximum absolute atomic E-state index is 12.4. The van der Waals surface area contributed by atoms with Crippen molar-refractivity contribution < 1.29 is 24.5 Å². The quantitative estimate of drug-likeness (QED) is 0.110. The van der Waals surface area contributed by atoms with Gasteiger partial charge in [-0.2, -0.15) is 0 Å². The minimum atomic E-state index is -0.869. The number of halogens is 1. The summed E-state index contributed by atoms with van der Waals surface area (Å²) in [4.78, 5) is 14.8. The van der Waals surface area contributed by atoms with E-state index in [2.05, 4.69) is 51.9 Å². The summed E-state index contributed by atoms with van der Waals surface area (Å²) in [5.41, 5.74) is 7.02. The van der Waals surface area contributed by atoms with E-state index in [1.807, 2.05) is 91.0 Å². The molecule has 0 aromatic heterocycles. The molecule has 3 unspecified atom stereocenters. The first-order valence-corrected chi connectivity index (χ1v) is 18.7. The van der Waals surface area contributed by atoms with Gasteiger partial charge in [0.25, 0.3) is 0 Å². The summed E-state index contributed by atoms with van der Waals surface area (Å²) in [5.74, 6) is 0. The molecule has 2 saturated heterocycles. The molecule has 274 valence electrons.